The Bertz CT molecular complexity index is 1340. The van der Waals surface area contributed by atoms with Gasteiger partial charge in [0, 0.05) is 18.9 Å². The number of rotatable bonds is 4. The maximum absolute atomic E-state index is 13.9. The second-order valence-corrected chi connectivity index (χ2v) is 9.70. The number of nitriles is 1. The lowest BCUT2D eigenvalue weighted by Gasteiger charge is -2.45. The fourth-order valence-corrected chi connectivity index (χ4v) is 5.17. The number of carbonyl (C=O) groups excluding carboxylic acids is 1. The lowest BCUT2D eigenvalue weighted by atomic mass is 9.64. The van der Waals surface area contributed by atoms with E-state index in [9.17, 15) is 14.4 Å². The quantitative estimate of drug-likeness (QED) is 0.519. The number of piperidine rings is 1. The van der Waals surface area contributed by atoms with Crippen molar-refractivity contribution >= 4 is 11.7 Å². The Morgan fingerprint density at radius 2 is 1.71 bits per heavy atom. The number of halogens is 1. The normalized spacial score (nSPS) is 22.5. The molecule has 1 aliphatic heterocycles. The average molecular weight is 452 g/mol. The molecular formula is C29H26FN3O. The Labute approximate surface area is 199 Å². The van der Waals surface area contributed by atoms with Crippen molar-refractivity contribution in [2.45, 2.75) is 43.4 Å². The number of benzene rings is 3. The second kappa shape index (κ2) is 8.22. The zero-order chi connectivity index (χ0) is 24.0. The van der Waals surface area contributed by atoms with E-state index in [-0.39, 0.29) is 17.3 Å². The summed E-state index contributed by atoms with van der Waals surface area (Å²) >= 11 is 0. The number of carbonyl (C=O) groups is 1. The van der Waals surface area contributed by atoms with Gasteiger partial charge < -0.3 is 4.90 Å². The maximum atomic E-state index is 13.9. The minimum atomic E-state index is -0.629. The van der Waals surface area contributed by atoms with E-state index in [1.165, 1.54) is 29.4 Å². The van der Waals surface area contributed by atoms with E-state index >= 15 is 0 Å². The van der Waals surface area contributed by atoms with Gasteiger partial charge >= 0.3 is 0 Å². The molecule has 4 nitrogen and oxygen atoms in total. The van der Waals surface area contributed by atoms with E-state index in [0.717, 1.165) is 22.3 Å². The predicted octanol–water partition coefficient (Wildman–Crippen LogP) is 6.12. The maximum Gasteiger partial charge on any atom is 0.236 e. The van der Waals surface area contributed by atoms with Gasteiger partial charge in [0.2, 0.25) is 5.91 Å². The zero-order valence-electron chi connectivity index (χ0n) is 19.3. The molecule has 0 spiro atoms. The summed E-state index contributed by atoms with van der Waals surface area (Å²) in [5.41, 5.74) is 4.17. The van der Waals surface area contributed by atoms with Crippen LogP contribution in [0.4, 0.5) is 4.39 Å². The highest BCUT2D eigenvalue weighted by Gasteiger charge is 2.48. The standard InChI is InChI=1S/C29H26FN3O/c1-29(24-5-3-4-21(15-24)22-12-13-25(30)23(14-22)17-31)16-26(32)33(2)28(34)27(29)20-10-8-19(9-11-20)18-6-7-18/h3-5,8-15,18,27,32H,6-7,16H2,1-2H3/t27-,29+/m0/s1. The lowest BCUT2D eigenvalue weighted by molar-refractivity contribution is -0.131. The molecule has 2 aliphatic rings. The van der Waals surface area contributed by atoms with Gasteiger partial charge in [-0.15, -0.1) is 0 Å². The minimum Gasteiger partial charge on any atom is -0.303 e. The summed E-state index contributed by atoms with van der Waals surface area (Å²) in [7, 11) is 1.67. The third-order valence-electron chi connectivity index (χ3n) is 7.41. The predicted molar refractivity (Wildman–Crippen MR) is 130 cm³/mol. The van der Waals surface area contributed by atoms with Gasteiger partial charge in [0.05, 0.1) is 11.5 Å². The molecule has 3 aromatic carbocycles. The van der Waals surface area contributed by atoms with Gasteiger partial charge in [-0.2, -0.15) is 5.26 Å². The highest BCUT2D eigenvalue weighted by Crippen LogP contribution is 2.47. The molecule has 2 fully saturated rings. The summed E-state index contributed by atoms with van der Waals surface area (Å²) in [5.74, 6) is -0.130. The molecule has 0 radical (unpaired) electrons. The molecule has 0 bridgehead atoms. The first-order chi connectivity index (χ1) is 16.3. The molecule has 5 rings (SSSR count). The molecule has 1 amide bonds. The van der Waals surface area contributed by atoms with E-state index in [4.69, 9.17) is 5.41 Å². The van der Waals surface area contributed by atoms with Crippen LogP contribution >= 0.6 is 0 Å². The number of amides is 1. The Hall–Kier alpha value is -3.78. The molecule has 1 heterocycles. The summed E-state index contributed by atoms with van der Waals surface area (Å²) in [6.07, 6.45) is 2.87. The van der Waals surface area contributed by atoms with Crippen LogP contribution in [-0.4, -0.2) is 23.7 Å². The summed E-state index contributed by atoms with van der Waals surface area (Å²) in [6.45, 7) is 2.05. The topological polar surface area (TPSA) is 68.0 Å². The minimum absolute atomic E-state index is 0.000935. The molecule has 1 aliphatic carbocycles. The van der Waals surface area contributed by atoms with Crippen LogP contribution in [0.1, 0.15) is 60.3 Å². The molecule has 170 valence electrons. The smallest absolute Gasteiger partial charge is 0.236 e. The van der Waals surface area contributed by atoms with Crippen LogP contribution in [0, 0.1) is 22.6 Å². The van der Waals surface area contributed by atoms with Crippen LogP contribution in [0.25, 0.3) is 11.1 Å². The Kier molecular flexibility index (Phi) is 5.32. The van der Waals surface area contributed by atoms with Gasteiger partial charge in [0.15, 0.2) is 0 Å². The van der Waals surface area contributed by atoms with Crippen LogP contribution < -0.4 is 0 Å². The first-order valence-electron chi connectivity index (χ1n) is 11.6. The summed E-state index contributed by atoms with van der Waals surface area (Å²) < 4.78 is 13.9. The fourth-order valence-electron chi connectivity index (χ4n) is 5.17. The van der Waals surface area contributed by atoms with Gasteiger partial charge in [-0.3, -0.25) is 10.2 Å². The number of likely N-dealkylation sites (N-methyl/N-ethyl adjacent to an activating group) is 1. The number of hydrogen-bond acceptors (Lipinski definition) is 3. The van der Waals surface area contributed by atoms with Crippen LogP contribution in [0.2, 0.25) is 0 Å². The Balaban J connectivity index is 1.59. The van der Waals surface area contributed by atoms with E-state index in [1.807, 2.05) is 30.3 Å². The van der Waals surface area contributed by atoms with Gasteiger partial charge in [0.25, 0.3) is 0 Å². The molecule has 1 saturated carbocycles. The van der Waals surface area contributed by atoms with Crippen LogP contribution in [-0.2, 0) is 10.2 Å². The van der Waals surface area contributed by atoms with E-state index < -0.39 is 17.2 Å². The molecule has 2 atom stereocenters. The number of amidine groups is 1. The fraction of sp³-hybridized carbons (Fsp3) is 0.276. The Morgan fingerprint density at radius 3 is 2.38 bits per heavy atom. The van der Waals surface area contributed by atoms with Crippen molar-refractivity contribution in [3.63, 3.8) is 0 Å². The molecule has 34 heavy (non-hydrogen) atoms. The molecule has 1 saturated heterocycles. The van der Waals surface area contributed by atoms with Crippen LogP contribution in [0.15, 0.2) is 66.7 Å². The third-order valence-corrected chi connectivity index (χ3v) is 7.41. The van der Waals surface area contributed by atoms with E-state index in [0.29, 0.717) is 12.3 Å². The lowest BCUT2D eigenvalue weighted by Crippen LogP contribution is -2.52. The van der Waals surface area contributed by atoms with Crippen molar-refractivity contribution in [2.24, 2.45) is 0 Å². The molecule has 1 N–H and O–H groups in total. The van der Waals surface area contributed by atoms with Crippen LogP contribution in [0.3, 0.4) is 0 Å². The molecule has 0 unspecified atom stereocenters. The van der Waals surface area contributed by atoms with Crippen molar-refractivity contribution in [3.05, 3.63) is 94.8 Å². The number of nitrogens with one attached hydrogen (secondary N) is 1. The van der Waals surface area contributed by atoms with Crippen molar-refractivity contribution in [2.75, 3.05) is 7.05 Å². The highest BCUT2D eigenvalue weighted by atomic mass is 19.1. The first kappa shape index (κ1) is 22.0. The van der Waals surface area contributed by atoms with Crippen molar-refractivity contribution < 1.29 is 9.18 Å². The molecule has 5 heteroatoms. The summed E-state index contributed by atoms with van der Waals surface area (Å²) in [4.78, 5) is 15.0. The largest absolute Gasteiger partial charge is 0.303 e. The van der Waals surface area contributed by atoms with Crippen LogP contribution in [0.5, 0.6) is 0 Å². The first-order valence-corrected chi connectivity index (χ1v) is 11.6. The zero-order valence-corrected chi connectivity index (χ0v) is 19.3. The average Bonchev–Trinajstić information content (AvgIpc) is 3.69. The number of nitrogens with zero attached hydrogens (tertiary/aromatic N) is 2. The third kappa shape index (κ3) is 3.70. The highest BCUT2D eigenvalue weighted by molar-refractivity contribution is 6.04. The molecule has 3 aromatic rings. The monoisotopic (exact) mass is 451 g/mol. The second-order valence-electron chi connectivity index (χ2n) is 9.70. The molecule has 0 aromatic heterocycles. The van der Waals surface area contributed by atoms with Gasteiger partial charge in [-0.1, -0.05) is 61.5 Å². The number of hydrogen-bond donors (Lipinski definition) is 1. The van der Waals surface area contributed by atoms with Crippen molar-refractivity contribution in [1.82, 2.24) is 4.90 Å². The van der Waals surface area contributed by atoms with Crippen molar-refractivity contribution in [1.29, 1.82) is 10.7 Å². The summed E-state index contributed by atoms with van der Waals surface area (Å²) in [6, 6.07) is 22.7. The molecular weight excluding hydrogens is 425 g/mol. The summed E-state index contributed by atoms with van der Waals surface area (Å²) in [5, 5.41) is 17.7. The SMILES string of the molecule is CN1C(=N)C[C@](C)(c2cccc(-c3ccc(F)c(C#N)c3)c2)[C@@H](c2ccc(C3CC3)cc2)C1=O. The van der Waals surface area contributed by atoms with Crippen molar-refractivity contribution in [3.8, 4) is 17.2 Å². The van der Waals surface area contributed by atoms with E-state index in [1.54, 1.807) is 19.2 Å². The number of likely N-dealkylation sites (tertiary alicyclic amines) is 1. The van der Waals surface area contributed by atoms with E-state index in [2.05, 4.69) is 31.2 Å². The van der Waals surface area contributed by atoms with Gasteiger partial charge in [0.1, 0.15) is 17.7 Å². The Morgan fingerprint density at radius 1 is 1.03 bits per heavy atom. The van der Waals surface area contributed by atoms with Gasteiger partial charge in [-0.05, 0) is 58.7 Å². The van der Waals surface area contributed by atoms with Gasteiger partial charge in [-0.25, -0.2) is 4.39 Å².